The van der Waals surface area contributed by atoms with E-state index in [-0.39, 0.29) is 23.8 Å². The molecule has 1 heterocycles. The summed E-state index contributed by atoms with van der Waals surface area (Å²) in [4.78, 5) is 2.28. The number of aliphatic hydroxyl groups excluding tert-OH is 1. The molecular formula is C27H26BrN5O. The Morgan fingerprint density at radius 3 is 2.38 bits per heavy atom. The third-order valence-electron chi connectivity index (χ3n) is 6.20. The molecule has 0 fully saturated rings. The van der Waals surface area contributed by atoms with Crippen molar-refractivity contribution in [3.63, 3.8) is 0 Å². The van der Waals surface area contributed by atoms with Gasteiger partial charge in [-0.05, 0) is 35.8 Å². The summed E-state index contributed by atoms with van der Waals surface area (Å²) < 4.78 is 0.867. The molecule has 1 aliphatic heterocycles. The molecule has 1 aliphatic carbocycles. The zero-order valence-corrected chi connectivity index (χ0v) is 20.5. The molecule has 3 N–H and O–H groups in total. The number of halogens is 1. The van der Waals surface area contributed by atoms with Gasteiger partial charge >= 0.3 is 0 Å². The van der Waals surface area contributed by atoms with Gasteiger partial charge in [-0.2, -0.15) is 15.8 Å². The van der Waals surface area contributed by atoms with Gasteiger partial charge in [-0.1, -0.05) is 64.5 Å². The van der Waals surface area contributed by atoms with Crippen LogP contribution in [0.4, 0.5) is 0 Å². The van der Waals surface area contributed by atoms with Gasteiger partial charge in [0.25, 0.3) is 0 Å². The van der Waals surface area contributed by atoms with Crippen molar-refractivity contribution in [1.29, 1.82) is 15.8 Å². The summed E-state index contributed by atoms with van der Waals surface area (Å²) in [5.41, 5.74) is 7.99. The van der Waals surface area contributed by atoms with E-state index >= 15 is 0 Å². The molecule has 6 nitrogen and oxygen atoms in total. The maximum atomic E-state index is 10.2. The van der Waals surface area contributed by atoms with E-state index in [1.54, 1.807) is 6.92 Å². The van der Waals surface area contributed by atoms with Gasteiger partial charge in [0, 0.05) is 42.5 Å². The summed E-state index contributed by atoms with van der Waals surface area (Å²) >= 11 is 3.51. The van der Waals surface area contributed by atoms with Crippen LogP contribution in [0, 0.1) is 45.3 Å². The molecule has 34 heavy (non-hydrogen) atoms. The topological polar surface area (TPSA) is 121 Å². The molecule has 0 amide bonds. The van der Waals surface area contributed by atoms with E-state index in [2.05, 4.69) is 51.2 Å². The highest BCUT2D eigenvalue weighted by molar-refractivity contribution is 9.10. The van der Waals surface area contributed by atoms with E-state index in [1.165, 1.54) is 5.56 Å². The maximum absolute atomic E-state index is 10.2. The van der Waals surface area contributed by atoms with E-state index in [1.807, 2.05) is 48.5 Å². The van der Waals surface area contributed by atoms with Gasteiger partial charge in [0.05, 0.1) is 23.4 Å². The molecule has 0 saturated carbocycles. The Hall–Kier alpha value is -3.41. The SMILES string of the molecule is CCO.N#CC1=C(N)C(C#N)(C#N)C(c2cccc(Br)c2)C2CN(Cc3ccccc3)CC=C12. The fraction of sp³-hybridized carbons (Fsp3) is 0.296. The monoisotopic (exact) mass is 515 g/mol. The number of nitrogens with two attached hydrogens (primary N) is 1. The fourth-order valence-electron chi connectivity index (χ4n) is 4.79. The standard InChI is InChI=1S/C25H20BrN5.C2H6O/c26-19-8-4-7-18(11-19)23-22-14-31(13-17-5-2-1-3-6-17)10-9-20(22)21(12-27)24(30)25(23,15-28)16-29;1-2-3/h1-9,11,22-23H,10,13-14,30H2;3H,2H2,1H3. The Morgan fingerprint density at radius 2 is 1.79 bits per heavy atom. The molecular weight excluding hydrogens is 490 g/mol. The molecule has 2 aromatic rings. The molecule has 4 rings (SSSR count). The number of aliphatic hydroxyl groups is 1. The number of benzene rings is 2. The second-order valence-electron chi connectivity index (χ2n) is 8.23. The van der Waals surface area contributed by atoms with Crippen LogP contribution in [0.5, 0.6) is 0 Å². The highest BCUT2D eigenvalue weighted by atomic mass is 79.9. The van der Waals surface area contributed by atoms with Crippen molar-refractivity contribution in [3.8, 4) is 18.2 Å². The molecule has 2 unspecified atom stereocenters. The van der Waals surface area contributed by atoms with E-state index in [9.17, 15) is 15.8 Å². The van der Waals surface area contributed by atoms with Crippen LogP contribution in [-0.2, 0) is 6.54 Å². The third-order valence-corrected chi connectivity index (χ3v) is 6.69. The summed E-state index contributed by atoms with van der Waals surface area (Å²) in [6.45, 7) is 3.98. The van der Waals surface area contributed by atoms with Gasteiger partial charge in [0.2, 0.25) is 0 Å². The van der Waals surface area contributed by atoms with Crippen molar-refractivity contribution in [2.24, 2.45) is 17.1 Å². The normalized spacial score (nSPS) is 21.0. The average Bonchev–Trinajstić information content (AvgIpc) is 2.85. The van der Waals surface area contributed by atoms with Gasteiger partial charge in [0.15, 0.2) is 5.41 Å². The van der Waals surface area contributed by atoms with Gasteiger partial charge in [-0.25, -0.2) is 0 Å². The number of rotatable bonds is 3. The second kappa shape index (κ2) is 11.1. The minimum absolute atomic E-state index is 0.0592. The summed E-state index contributed by atoms with van der Waals surface area (Å²) in [6.07, 6.45) is 2.03. The Kier molecular flexibility index (Phi) is 8.26. The lowest BCUT2D eigenvalue weighted by molar-refractivity contribution is 0.201. The van der Waals surface area contributed by atoms with Gasteiger partial charge in [-0.15, -0.1) is 0 Å². The average molecular weight is 516 g/mol. The summed E-state index contributed by atoms with van der Waals surface area (Å²) in [6, 6.07) is 24.4. The van der Waals surface area contributed by atoms with Crippen molar-refractivity contribution in [2.75, 3.05) is 19.7 Å². The largest absolute Gasteiger partial charge is 0.399 e. The zero-order valence-electron chi connectivity index (χ0n) is 18.9. The molecule has 0 radical (unpaired) electrons. The van der Waals surface area contributed by atoms with Gasteiger partial charge in [0.1, 0.15) is 6.07 Å². The molecule has 7 heteroatoms. The first-order valence-electron chi connectivity index (χ1n) is 11.0. The summed E-state index contributed by atoms with van der Waals surface area (Å²) in [5.74, 6) is -0.685. The lowest BCUT2D eigenvalue weighted by atomic mass is 9.58. The van der Waals surface area contributed by atoms with E-state index in [0.29, 0.717) is 13.1 Å². The lowest BCUT2D eigenvalue weighted by Gasteiger charge is -2.45. The molecule has 2 aliphatic rings. The second-order valence-corrected chi connectivity index (χ2v) is 9.14. The number of hydrogen-bond donors (Lipinski definition) is 2. The molecule has 0 aromatic heterocycles. The number of nitriles is 3. The number of hydrogen-bond acceptors (Lipinski definition) is 6. The zero-order chi connectivity index (χ0) is 24.7. The van der Waals surface area contributed by atoms with Crippen LogP contribution in [0.2, 0.25) is 0 Å². The smallest absolute Gasteiger partial charge is 0.191 e. The van der Waals surface area contributed by atoms with Crippen LogP contribution in [0.3, 0.4) is 0 Å². The quantitative estimate of drug-likeness (QED) is 0.625. The van der Waals surface area contributed by atoms with Crippen LogP contribution in [0.1, 0.15) is 24.0 Å². The van der Waals surface area contributed by atoms with Crippen molar-refractivity contribution < 1.29 is 5.11 Å². The maximum Gasteiger partial charge on any atom is 0.191 e. The molecule has 0 saturated heterocycles. The van der Waals surface area contributed by atoms with E-state index in [0.717, 1.165) is 22.2 Å². The van der Waals surface area contributed by atoms with Crippen LogP contribution < -0.4 is 5.73 Å². The van der Waals surface area contributed by atoms with Crippen LogP contribution in [0.25, 0.3) is 0 Å². The van der Waals surface area contributed by atoms with E-state index in [4.69, 9.17) is 10.8 Å². The van der Waals surface area contributed by atoms with Crippen molar-refractivity contribution >= 4 is 15.9 Å². The molecule has 2 atom stereocenters. The Morgan fingerprint density at radius 1 is 1.12 bits per heavy atom. The lowest BCUT2D eigenvalue weighted by Crippen LogP contribution is -2.47. The molecule has 0 spiro atoms. The van der Waals surface area contributed by atoms with Crippen molar-refractivity contribution in [2.45, 2.75) is 19.4 Å². The highest BCUT2D eigenvalue weighted by Crippen LogP contribution is 2.54. The number of allylic oxidation sites excluding steroid dienone is 2. The first-order valence-corrected chi connectivity index (χ1v) is 11.8. The summed E-state index contributed by atoms with van der Waals surface area (Å²) in [7, 11) is 0. The van der Waals surface area contributed by atoms with Gasteiger partial charge < -0.3 is 10.8 Å². The first kappa shape index (κ1) is 25.2. The summed E-state index contributed by atoms with van der Waals surface area (Å²) in [5, 5.41) is 37.8. The first-order chi connectivity index (χ1) is 16.4. The Balaban J connectivity index is 0.00000103. The fourth-order valence-corrected chi connectivity index (χ4v) is 5.20. The predicted molar refractivity (Wildman–Crippen MR) is 133 cm³/mol. The minimum atomic E-state index is -1.61. The van der Waals surface area contributed by atoms with Crippen molar-refractivity contribution in [3.05, 3.63) is 93.1 Å². The highest BCUT2D eigenvalue weighted by Gasteiger charge is 2.54. The Bertz CT molecular complexity index is 1200. The Labute approximate surface area is 209 Å². The van der Waals surface area contributed by atoms with Crippen LogP contribution >= 0.6 is 15.9 Å². The predicted octanol–water partition coefficient (Wildman–Crippen LogP) is 4.37. The van der Waals surface area contributed by atoms with Crippen molar-refractivity contribution in [1.82, 2.24) is 4.90 Å². The van der Waals surface area contributed by atoms with Crippen LogP contribution in [0.15, 0.2) is 82.0 Å². The third kappa shape index (κ3) is 4.76. The molecule has 0 bridgehead atoms. The number of nitrogens with zero attached hydrogens (tertiary/aromatic N) is 4. The van der Waals surface area contributed by atoms with Gasteiger partial charge in [-0.3, -0.25) is 4.90 Å². The molecule has 2 aromatic carbocycles. The number of fused-ring (bicyclic) bond motifs is 1. The van der Waals surface area contributed by atoms with Crippen LogP contribution in [-0.4, -0.2) is 29.7 Å². The van der Waals surface area contributed by atoms with E-state index < -0.39 is 11.3 Å². The molecule has 172 valence electrons. The minimum Gasteiger partial charge on any atom is -0.399 e.